The zero-order valence-electron chi connectivity index (χ0n) is 17.7. The predicted molar refractivity (Wildman–Crippen MR) is 126 cm³/mol. The van der Waals surface area contributed by atoms with Gasteiger partial charge in [-0.3, -0.25) is 0 Å². The first-order chi connectivity index (χ1) is 15.1. The molecular weight excluding hydrogens is 404 g/mol. The molecule has 0 radical (unpaired) electrons. The van der Waals surface area contributed by atoms with Crippen molar-refractivity contribution in [3.8, 4) is 22.8 Å². The highest BCUT2D eigenvalue weighted by Gasteiger charge is 2.16. The molecule has 0 N–H and O–H groups in total. The maximum Gasteiger partial charge on any atom is 0.226 e. The van der Waals surface area contributed by atoms with Crippen LogP contribution in [0.1, 0.15) is 16.1 Å². The van der Waals surface area contributed by atoms with Crippen molar-refractivity contribution in [3.05, 3.63) is 82.4 Å². The number of rotatable bonds is 5. The molecule has 0 aliphatic carbocycles. The quantitative estimate of drug-likeness (QED) is 0.332. The molecule has 2 aromatic carbocycles. The molecule has 0 amide bonds. The minimum atomic E-state index is 0.628. The summed E-state index contributed by atoms with van der Waals surface area (Å²) >= 11 is 1.77. The van der Waals surface area contributed by atoms with Crippen LogP contribution in [-0.2, 0) is 6.54 Å². The van der Waals surface area contributed by atoms with Crippen molar-refractivity contribution in [1.82, 2.24) is 15.0 Å². The average molecular weight is 427 g/mol. The van der Waals surface area contributed by atoms with E-state index in [9.17, 15) is 0 Å². The van der Waals surface area contributed by atoms with E-state index in [-0.39, 0.29) is 0 Å². The summed E-state index contributed by atoms with van der Waals surface area (Å²) in [5, 5.41) is 3.12. The van der Waals surface area contributed by atoms with Crippen molar-refractivity contribution in [2.75, 3.05) is 11.9 Å². The number of hydrogen-bond acceptors (Lipinski definition) is 6. The first kappa shape index (κ1) is 19.5. The fraction of sp³-hybridized carbons (Fsp3) is 0.160. The Balaban J connectivity index is 1.55. The van der Waals surface area contributed by atoms with Crippen LogP contribution in [0.5, 0.6) is 0 Å². The van der Waals surface area contributed by atoms with Crippen LogP contribution in [0.2, 0.25) is 0 Å². The predicted octanol–water partition coefficient (Wildman–Crippen LogP) is 6.27. The van der Waals surface area contributed by atoms with Gasteiger partial charge in [-0.15, -0.1) is 11.3 Å². The van der Waals surface area contributed by atoms with Crippen LogP contribution in [0.3, 0.4) is 0 Å². The summed E-state index contributed by atoms with van der Waals surface area (Å²) in [6.45, 7) is 4.93. The molecule has 0 saturated heterocycles. The van der Waals surface area contributed by atoms with Crippen molar-refractivity contribution in [1.29, 1.82) is 0 Å². The molecule has 0 unspecified atom stereocenters. The second-order valence-corrected chi connectivity index (χ2v) is 8.61. The Hall–Kier alpha value is -3.51. The van der Waals surface area contributed by atoms with E-state index in [0.717, 1.165) is 45.8 Å². The van der Waals surface area contributed by atoms with E-state index >= 15 is 0 Å². The molecule has 0 spiro atoms. The minimum Gasteiger partial charge on any atom is -0.436 e. The number of fused-ring (bicyclic) bond motifs is 1. The zero-order valence-corrected chi connectivity index (χ0v) is 18.5. The Morgan fingerprint density at radius 1 is 0.968 bits per heavy atom. The summed E-state index contributed by atoms with van der Waals surface area (Å²) in [4.78, 5) is 17.2. The molecule has 5 aromatic rings. The molecule has 3 aromatic heterocycles. The average Bonchev–Trinajstić information content (AvgIpc) is 3.38. The molecule has 0 aliphatic heterocycles. The van der Waals surface area contributed by atoms with E-state index in [1.807, 2.05) is 49.4 Å². The second-order valence-electron chi connectivity index (χ2n) is 7.61. The number of hydrogen-bond donors (Lipinski definition) is 0. The van der Waals surface area contributed by atoms with Crippen molar-refractivity contribution in [2.45, 2.75) is 20.4 Å². The van der Waals surface area contributed by atoms with E-state index < -0.39 is 0 Å². The third kappa shape index (κ3) is 3.70. The molecule has 0 atom stereocenters. The molecule has 0 fully saturated rings. The molecule has 5 rings (SSSR count). The van der Waals surface area contributed by atoms with E-state index in [2.05, 4.69) is 51.3 Å². The fourth-order valence-electron chi connectivity index (χ4n) is 3.71. The van der Waals surface area contributed by atoms with E-state index in [1.165, 1.54) is 10.4 Å². The fourth-order valence-corrected chi connectivity index (χ4v) is 4.67. The monoisotopic (exact) mass is 426 g/mol. The van der Waals surface area contributed by atoms with Gasteiger partial charge in [0.2, 0.25) is 5.89 Å². The van der Waals surface area contributed by atoms with Gasteiger partial charge in [0.15, 0.2) is 5.76 Å². The molecule has 6 heteroatoms. The molecule has 154 valence electrons. The van der Waals surface area contributed by atoms with Crippen LogP contribution in [0.15, 0.2) is 70.7 Å². The van der Waals surface area contributed by atoms with Crippen molar-refractivity contribution in [2.24, 2.45) is 0 Å². The molecule has 31 heavy (non-hydrogen) atoms. The van der Waals surface area contributed by atoms with Gasteiger partial charge in [-0.25, -0.2) is 15.0 Å². The third-order valence-electron chi connectivity index (χ3n) is 5.40. The van der Waals surface area contributed by atoms with Gasteiger partial charge in [-0.1, -0.05) is 18.2 Å². The van der Waals surface area contributed by atoms with Crippen LogP contribution >= 0.6 is 11.3 Å². The van der Waals surface area contributed by atoms with Crippen LogP contribution in [0.25, 0.3) is 33.7 Å². The Morgan fingerprint density at radius 2 is 1.81 bits per heavy atom. The van der Waals surface area contributed by atoms with Gasteiger partial charge in [-0.2, -0.15) is 0 Å². The van der Waals surface area contributed by atoms with Crippen LogP contribution in [0, 0.1) is 13.8 Å². The normalized spacial score (nSPS) is 11.2. The van der Waals surface area contributed by atoms with Gasteiger partial charge in [0.1, 0.15) is 12.1 Å². The largest absolute Gasteiger partial charge is 0.436 e. The van der Waals surface area contributed by atoms with Gasteiger partial charge in [0, 0.05) is 28.4 Å². The standard InChI is InChI=1S/C25H22N4OS/c1-16-11-12-31-22(16)14-29(3)24-20-13-19(9-10-21(20)26-15-27-24)23-17(2)28-25(30-23)18-7-5-4-6-8-18/h4-13,15H,14H2,1-3H3. The summed E-state index contributed by atoms with van der Waals surface area (Å²) in [7, 11) is 2.07. The van der Waals surface area contributed by atoms with Crippen molar-refractivity contribution in [3.63, 3.8) is 0 Å². The van der Waals surface area contributed by atoms with Crippen molar-refractivity contribution < 1.29 is 4.42 Å². The topological polar surface area (TPSA) is 55.1 Å². The van der Waals surface area contributed by atoms with E-state index in [4.69, 9.17) is 4.42 Å². The summed E-state index contributed by atoms with van der Waals surface area (Å²) in [5.41, 5.74) is 5.01. The lowest BCUT2D eigenvalue weighted by molar-refractivity contribution is 0.588. The Morgan fingerprint density at radius 3 is 2.58 bits per heavy atom. The first-order valence-electron chi connectivity index (χ1n) is 10.1. The molecule has 3 heterocycles. The van der Waals surface area contributed by atoms with Crippen LogP contribution < -0.4 is 4.90 Å². The number of oxazole rings is 1. The maximum absolute atomic E-state index is 6.17. The zero-order chi connectivity index (χ0) is 21.4. The molecule has 0 bridgehead atoms. The highest BCUT2D eigenvalue weighted by molar-refractivity contribution is 7.10. The lowest BCUT2D eigenvalue weighted by Gasteiger charge is -2.19. The molecule has 0 saturated carbocycles. The van der Waals surface area contributed by atoms with Crippen molar-refractivity contribution >= 4 is 28.1 Å². The first-order valence-corrected chi connectivity index (χ1v) is 11.0. The van der Waals surface area contributed by atoms with Gasteiger partial charge in [0.05, 0.1) is 17.8 Å². The summed E-state index contributed by atoms with van der Waals surface area (Å²) in [6.07, 6.45) is 1.63. The number of thiophene rings is 1. The van der Waals surface area contributed by atoms with Gasteiger partial charge in [-0.05, 0) is 61.2 Å². The van der Waals surface area contributed by atoms with E-state index in [1.54, 1.807) is 17.7 Å². The number of benzene rings is 2. The summed E-state index contributed by atoms with van der Waals surface area (Å²) < 4.78 is 6.17. The molecular formula is C25H22N4OS. The third-order valence-corrected chi connectivity index (χ3v) is 6.41. The van der Waals surface area contributed by atoms with Crippen LogP contribution in [0.4, 0.5) is 5.82 Å². The molecule has 5 nitrogen and oxygen atoms in total. The Bertz CT molecular complexity index is 1360. The lowest BCUT2D eigenvalue weighted by Crippen LogP contribution is -2.18. The maximum atomic E-state index is 6.17. The Kier molecular flexibility index (Phi) is 5.00. The summed E-state index contributed by atoms with van der Waals surface area (Å²) in [5.74, 6) is 2.30. The molecule has 0 aliphatic rings. The highest BCUT2D eigenvalue weighted by atomic mass is 32.1. The smallest absolute Gasteiger partial charge is 0.226 e. The number of aryl methyl sites for hydroxylation is 2. The van der Waals surface area contributed by atoms with Gasteiger partial charge >= 0.3 is 0 Å². The van der Waals surface area contributed by atoms with E-state index in [0.29, 0.717) is 5.89 Å². The van der Waals surface area contributed by atoms with Gasteiger partial charge in [0.25, 0.3) is 0 Å². The highest BCUT2D eigenvalue weighted by Crippen LogP contribution is 2.33. The summed E-state index contributed by atoms with van der Waals surface area (Å²) in [6, 6.07) is 18.3. The second kappa shape index (κ2) is 7.96. The Labute approximate surface area is 185 Å². The van der Waals surface area contributed by atoms with Gasteiger partial charge < -0.3 is 9.32 Å². The lowest BCUT2D eigenvalue weighted by atomic mass is 10.1. The minimum absolute atomic E-state index is 0.628. The number of aromatic nitrogens is 3. The van der Waals surface area contributed by atoms with Crippen LogP contribution in [-0.4, -0.2) is 22.0 Å². The SMILES string of the molecule is Cc1ccsc1CN(C)c1ncnc2ccc(-c3oc(-c4ccccc4)nc3C)cc12. The number of nitrogens with zero attached hydrogens (tertiary/aromatic N) is 4. The number of anilines is 1.